The molecule has 2 aromatic carbocycles. The third-order valence-corrected chi connectivity index (χ3v) is 8.38. The number of nitrogens with one attached hydrogen (secondary N) is 1. The number of allylic oxidation sites excluding steroid dienone is 3. The molecule has 39 heavy (non-hydrogen) atoms. The summed E-state index contributed by atoms with van der Waals surface area (Å²) in [5.41, 5.74) is 4.17. The lowest BCUT2D eigenvalue weighted by molar-refractivity contribution is 0.115. The van der Waals surface area contributed by atoms with E-state index in [0.717, 1.165) is 40.9 Å². The molecule has 3 heterocycles. The van der Waals surface area contributed by atoms with Crippen LogP contribution in [0.15, 0.2) is 66.5 Å². The molecule has 2 aliphatic heterocycles. The highest BCUT2D eigenvalue weighted by Gasteiger charge is 2.36. The zero-order valence-electron chi connectivity index (χ0n) is 21.9. The summed E-state index contributed by atoms with van der Waals surface area (Å²) in [5, 5.41) is 1.72. The van der Waals surface area contributed by atoms with Gasteiger partial charge < -0.3 is 19.4 Å². The molecule has 6 nitrogen and oxygen atoms in total. The van der Waals surface area contributed by atoms with E-state index in [9.17, 15) is 4.79 Å². The third-order valence-electron chi connectivity index (χ3n) is 7.82. The van der Waals surface area contributed by atoms with Gasteiger partial charge in [0.05, 0.1) is 12.0 Å². The highest BCUT2D eigenvalue weighted by molar-refractivity contribution is 6.31. The number of hydrogen-bond donors (Lipinski definition) is 1. The predicted octanol–water partition coefficient (Wildman–Crippen LogP) is 7.22. The van der Waals surface area contributed by atoms with Crippen molar-refractivity contribution >= 4 is 40.2 Å². The van der Waals surface area contributed by atoms with Crippen LogP contribution in [0.25, 0.3) is 10.9 Å². The van der Waals surface area contributed by atoms with Gasteiger partial charge in [-0.1, -0.05) is 29.8 Å². The maximum Gasteiger partial charge on any atom is 0.416 e. The number of carbonyl (C=O) groups excluding carboxylic acids is 1. The number of alkyl halides is 1. The fourth-order valence-electron chi connectivity index (χ4n) is 5.84. The number of fused-ring (bicyclic) bond motifs is 3. The average molecular weight is 567 g/mol. The smallest absolute Gasteiger partial charge is 0.416 e. The molecular formula is C31H33Cl2N3O3. The number of aromatic amines is 1. The van der Waals surface area contributed by atoms with Crippen LogP contribution in [0, 0.1) is 0 Å². The second-order valence-corrected chi connectivity index (χ2v) is 11.5. The molecule has 3 aromatic rings. The van der Waals surface area contributed by atoms with Gasteiger partial charge in [0, 0.05) is 34.7 Å². The molecule has 1 fully saturated rings. The van der Waals surface area contributed by atoms with Crippen molar-refractivity contribution in [3.05, 3.63) is 88.3 Å². The quantitative estimate of drug-likeness (QED) is 0.242. The van der Waals surface area contributed by atoms with Crippen LogP contribution in [0.4, 0.5) is 4.79 Å². The molecule has 0 bridgehead atoms. The average Bonchev–Trinajstić information content (AvgIpc) is 3.60. The SMILES string of the molecule is O=C(OC1=CCC(Cl)C=C1)N1CCc2c([nH]c3ccc(Cl)cc23)C1c1ccc(OCCCN2CCCC2)cc1. The van der Waals surface area contributed by atoms with Crippen molar-refractivity contribution in [1.82, 2.24) is 14.8 Å². The van der Waals surface area contributed by atoms with Gasteiger partial charge in [-0.25, -0.2) is 4.79 Å². The van der Waals surface area contributed by atoms with Crippen LogP contribution in [0.5, 0.6) is 5.75 Å². The number of likely N-dealkylation sites (tertiary alicyclic amines) is 1. The fourth-order valence-corrected chi connectivity index (χ4v) is 6.18. The number of ether oxygens (including phenoxy) is 2. The zero-order chi connectivity index (χ0) is 26.8. The molecule has 0 spiro atoms. The Morgan fingerprint density at radius 3 is 2.67 bits per heavy atom. The number of amides is 1. The first-order chi connectivity index (χ1) is 19.0. The van der Waals surface area contributed by atoms with E-state index in [1.807, 2.05) is 54.6 Å². The summed E-state index contributed by atoms with van der Waals surface area (Å²) in [4.78, 5) is 21.4. The third kappa shape index (κ3) is 5.84. The Balaban J connectivity index is 1.23. The molecule has 6 rings (SSSR count). The van der Waals surface area contributed by atoms with E-state index in [1.165, 1.54) is 31.5 Å². The number of halogens is 2. The van der Waals surface area contributed by atoms with Crippen LogP contribution in [0.2, 0.25) is 5.02 Å². The molecule has 1 aliphatic carbocycles. The van der Waals surface area contributed by atoms with E-state index in [1.54, 1.807) is 11.0 Å². The van der Waals surface area contributed by atoms with Gasteiger partial charge in [0.1, 0.15) is 17.6 Å². The fraction of sp³-hybridized carbons (Fsp3) is 0.387. The highest BCUT2D eigenvalue weighted by atomic mass is 35.5. The van der Waals surface area contributed by atoms with E-state index in [4.69, 9.17) is 32.7 Å². The molecule has 1 saturated heterocycles. The largest absolute Gasteiger partial charge is 0.494 e. The van der Waals surface area contributed by atoms with Gasteiger partial charge >= 0.3 is 6.09 Å². The summed E-state index contributed by atoms with van der Waals surface area (Å²) in [5.74, 6) is 1.37. The van der Waals surface area contributed by atoms with E-state index in [2.05, 4.69) is 9.88 Å². The summed E-state index contributed by atoms with van der Waals surface area (Å²) in [6.45, 7) is 4.72. The van der Waals surface area contributed by atoms with Gasteiger partial charge in [-0.05, 0) is 98.8 Å². The van der Waals surface area contributed by atoms with Crippen LogP contribution in [-0.2, 0) is 11.2 Å². The van der Waals surface area contributed by atoms with Gasteiger partial charge in [-0.2, -0.15) is 0 Å². The summed E-state index contributed by atoms with van der Waals surface area (Å²) < 4.78 is 11.9. The molecule has 1 amide bonds. The first kappa shape index (κ1) is 26.3. The molecule has 2 atom stereocenters. The molecule has 8 heteroatoms. The minimum atomic E-state index is -0.381. The maximum atomic E-state index is 13.5. The summed E-state index contributed by atoms with van der Waals surface area (Å²) in [6.07, 6.45) is 10.1. The second kappa shape index (κ2) is 11.7. The zero-order valence-corrected chi connectivity index (χ0v) is 23.4. The first-order valence-electron chi connectivity index (χ1n) is 13.8. The predicted molar refractivity (Wildman–Crippen MR) is 156 cm³/mol. The van der Waals surface area contributed by atoms with Crippen LogP contribution >= 0.6 is 23.2 Å². The normalized spacial score (nSPS) is 21.2. The topological polar surface area (TPSA) is 57.8 Å². The summed E-state index contributed by atoms with van der Waals surface area (Å²) in [6, 6.07) is 13.6. The van der Waals surface area contributed by atoms with Gasteiger partial charge in [-0.15, -0.1) is 11.6 Å². The van der Waals surface area contributed by atoms with Crippen LogP contribution in [0.3, 0.4) is 0 Å². The second-order valence-electron chi connectivity index (χ2n) is 10.5. The summed E-state index contributed by atoms with van der Waals surface area (Å²) in [7, 11) is 0. The van der Waals surface area contributed by atoms with E-state index in [0.29, 0.717) is 36.8 Å². The molecule has 1 aromatic heterocycles. The lowest BCUT2D eigenvalue weighted by Gasteiger charge is -2.35. The standard InChI is InChI=1S/C31H33Cl2N3O3/c32-22-6-11-25(12-7-22)39-31(37)36-18-14-26-27-20-23(33)8-13-28(27)34-29(26)30(36)21-4-9-24(10-5-21)38-19-3-17-35-15-1-2-16-35/h4-6,8-13,20,22,30,34H,1-3,7,14-19H2. The van der Waals surface area contributed by atoms with Crippen molar-refractivity contribution < 1.29 is 14.3 Å². The molecule has 2 unspecified atom stereocenters. The Bertz CT molecular complexity index is 1390. The van der Waals surface area contributed by atoms with Crippen molar-refractivity contribution in [2.24, 2.45) is 0 Å². The molecule has 0 saturated carbocycles. The van der Waals surface area contributed by atoms with Crippen molar-refractivity contribution in [3.8, 4) is 5.75 Å². The Labute approximate surface area is 239 Å². The van der Waals surface area contributed by atoms with Crippen molar-refractivity contribution in [1.29, 1.82) is 0 Å². The Kier molecular flexibility index (Phi) is 7.87. The molecule has 3 aliphatic rings. The van der Waals surface area contributed by atoms with Crippen LogP contribution in [-0.4, -0.2) is 59.0 Å². The van der Waals surface area contributed by atoms with Gasteiger partial charge in [0.2, 0.25) is 0 Å². The lowest BCUT2D eigenvalue weighted by Crippen LogP contribution is -2.40. The van der Waals surface area contributed by atoms with Gasteiger partial charge in [-0.3, -0.25) is 4.90 Å². The Morgan fingerprint density at radius 1 is 1.08 bits per heavy atom. The highest BCUT2D eigenvalue weighted by Crippen LogP contribution is 2.40. The maximum absolute atomic E-state index is 13.5. The number of hydrogen-bond acceptors (Lipinski definition) is 4. The molecule has 0 radical (unpaired) electrons. The number of carbonyl (C=O) groups is 1. The lowest BCUT2D eigenvalue weighted by atomic mass is 9.92. The van der Waals surface area contributed by atoms with Crippen molar-refractivity contribution in [2.45, 2.75) is 43.5 Å². The Hall–Kier alpha value is -2.93. The van der Waals surface area contributed by atoms with Crippen LogP contribution in [0.1, 0.15) is 48.5 Å². The first-order valence-corrected chi connectivity index (χ1v) is 14.6. The Morgan fingerprint density at radius 2 is 1.90 bits per heavy atom. The minimum absolute atomic E-state index is 0.0723. The summed E-state index contributed by atoms with van der Waals surface area (Å²) >= 11 is 12.5. The van der Waals surface area contributed by atoms with E-state index < -0.39 is 0 Å². The van der Waals surface area contributed by atoms with Crippen LogP contribution < -0.4 is 4.74 Å². The van der Waals surface area contributed by atoms with Crippen molar-refractivity contribution in [2.75, 3.05) is 32.8 Å². The number of benzene rings is 2. The number of nitrogens with zero attached hydrogens (tertiary/aromatic N) is 2. The number of rotatable bonds is 7. The van der Waals surface area contributed by atoms with E-state index >= 15 is 0 Å². The van der Waals surface area contributed by atoms with Crippen molar-refractivity contribution in [3.63, 3.8) is 0 Å². The molecular weight excluding hydrogens is 533 g/mol. The van der Waals surface area contributed by atoms with E-state index in [-0.39, 0.29) is 17.5 Å². The number of H-pyrrole nitrogens is 1. The van der Waals surface area contributed by atoms with Gasteiger partial charge in [0.15, 0.2) is 0 Å². The molecule has 204 valence electrons. The minimum Gasteiger partial charge on any atom is -0.494 e. The number of aromatic nitrogens is 1. The van der Waals surface area contributed by atoms with Gasteiger partial charge in [0.25, 0.3) is 0 Å². The monoisotopic (exact) mass is 565 g/mol. The molecule has 1 N–H and O–H groups in total.